The van der Waals surface area contributed by atoms with E-state index < -0.39 is 0 Å². The Balaban J connectivity index is 1.59. The van der Waals surface area contributed by atoms with Crippen molar-refractivity contribution in [2.24, 2.45) is 4.99 Å². The molecule has 7 heteroatoms. The smallest absolute Gasteiger partial charge is 0.231 e. The summed E-state index contributed by atoms with van der Waals surface area (Å²) < 4.78 is 10.8. The Bertz CT molecular complexity index is 744. The van der Waals surface area contributed by atoms with Crippen LogP contribution in [-0.2, 0) is 13.0 Å². The molecule has 0 amide bonds. The molecule has 6 nitrogen and oxygen atoms in total. The molecule has 0 spiro atoms. The third kappa shape index (κ3) is 4.63. The normalized spacial score (nSPS) is 13.2. The summed E-state index contributed by atoms with van der Waals surface area (Å²) in [7, 11) is 2.04. The lowest BCUT2D eigenvalue weighted by Gasteiger charge is -2.21. The van der Waals surface area contributed by atoms with E-state index in [1.54, 1.807) is 11.3 Å². The Kier molecular flexibility index (Phi) is 5.75. The van der Waals surface area contributed by atoms with Crippen LogP contribution in [0.15, 0.2) is 28.6 Å². The molecule has 0 radical (unpaired) electrons. The first-order chi connectivity index (χ1) is 12.2. The van der Waals surface area contributed by atoms with Gasteiger partial charge in [0.15, 0.2) is 17.5 Å². The number of rotatable bonds is 6. The fraction of sp³-hybridized carbons (Fsp3) is 0.444. The first kappa shape index (κ1) is 17.5. The van der Waals surface area contributed by atoms with Gasteiger partial charge in [0.05, 0.1) is 17.2 Å². The quantitative estimate of drug-likeness (QED) is 0.634. The Morgan fingerprint density at radius 3 is 2.96 bits per heavy atom. The highest BCUT2D eigenvalue weighted by atomic mass is 32.1. The van der Waals surface area contributed by atoms with Crippen molar-refractivity contribution in [2.75, 3.05) is 26.9 Å². The molecule has 1 aliphatic heterocycles. The summed E-state index contributed by atoms with van der Waals surface area (Å²) in [5.41, 5.74) is 2.27. The van der Waals surface area contributed by atoms with Gasteiger partial charge in [0.2, 0.25) is 6.79 Å². The van der Waals surface area contributed by atoms with Crippen molar-refractivity contribution in [3.63, 3.8) is 0 Å². The lowest BCUT2D eigenvalue weighted by molar-refractivity contribution is 0.174. The van der Waals surface area contributed by atoms with Crippen LogP contribution in [0.1, 0.15) is 23.2 Å². The van der Waals surface area contributed by atoms with Crippen molar-refractivity contribution in [3.8, 4) is 11.5 Å². The van der Waals surface area contributed by atoms with Crippen molar-refractivity contribution in [2.45, 2.75) is 26.8 Å². The average Bonchev–Trinajstić information content (AvgIpc) is 3.22. The van der Waals surface area contributed by atoms with E-state index in [2.05, 4.69) is 33.6 Å². The van der Waals surface area contributed by atoms with E-state index in [9.17, 15) is 0 Å². The number of hydrogen-bond donors (Lipinski definition) is 1. The highest BCUT2D eigenvalue weighted by Crippen LogP contribution is 2.32. The molecule has 134 valence electrons. The van der Waals surface area contributed by atoms with Gasteiger partial charge in [-0.25, -0.2) is 4.98 Å². The second kappa shape index (κ2) is 8.20. The van der Waals surface area contributed by atoms with Crippen LogP contribution in [0, 0.1) is 6.92 Å². The van der Waals surface area contributed by atoms with E-state index in [0.717, 1.165) is 47.7 Å². The van der Waals surface area contributed by atoms with Gasteiger partial charge >= 0.3 is 0 Å². The molecule has 2 aromatic rings. The number of nitrogens with zero attached hydrogens (tertiary/aromatic N) is 3. The minimum absolute atomic E-state index is 0.308. The molecule has 1 aliphatic rings. The molecule has 0 aliphatic carbocycles. The predicted molar refractivity (Wildman–Crippen MR) is 101 cm³/mol. The molecule has 3 rings (SSSR count). The SMILES string of the molecule is CCNC(=NCCc1ccc2c(c1)OCO2)N(C)Cc1csc(C)n1. The minimum Gasteiger partial charge on any atom is -0.454 e. The summed E-state index contributed by atoms with van der Waals surface area (Å²) in [5.74, 6) is 2.54. The molecule has 2 heterocycles. The molecule has 1 aromatic heterocycles. The summed E-state index contributed by atoms with van der Waals surface area (Å²) in [4.78, 5) is 11.4. The Morgan fingerprint density at radius 1 is 1.36 bits per heavy atom. The lowest BCUT2D eigenvalue weighted by Crippen LogP contribution is -2.38. The first-order valence-electron chi connectivity index (χ1n) is 8.44. The Hall–Kier alpha value is -2.28. The van der Waals surface area contributed by atoms with Crippen molar-refractivity contribution in [1.29, 1.82) is 0 Å². The number of aliphatic imine (C=N–C) groups is 1. The number of nitrogens with one attached hydrogen (secondary N) is 1. The summed E-state index contributed by atoms with van der Waals surface area (Å²) in [6.45, 7) is 6.71. The molecule has 0 unspecified atom stereocenters. The fourth-order valence-electron chi connectivity index (χ4n) is 2.66. The minimum atomic E-state index is 0.308. The molecule has 0 bridgehead atoms. The zero-order valence-electron chi connectivity index (χ0n) is 14.9. The Labute approximate surface area is 152 Å². The van der Waals surface area contributed by atoms with Crippen LogP contribution in [0.3, 0.4) is 0 Å². The maximum Gasteiger partial charge on any atom is 0.231 e. The lowest BCUT2D eigenvalue weighted by atomic mass is 10.1. The first-order valence-corrected chi connectivity index (χ1v) is 9.32. The van der Waals surface area contributed by atoms with Gasteiger partial charge < -0.3 is 19.7 Å². The van der Waals surface area contributed by atoms with Crippen molar-refractivity contribution < 1.29 is 9.47 Å². The second-order valence-corrected chi connectivity index (χ2v) is 6.95. The molecule has 0 saturated carbocycles. The van der Waals surface area contributed by atoms with Crippen molar-refractivity contribution in [1.82, 2.24) is 15.2 Å². The standard InChI is InChI=1S/C18H24N4O2S/c1-4-19-18(22(3)10-15-11-25-13(2)21-15)20-8-7-14-5-6-16-17(9-14)24-12-23-16/h5-6,9,11H,4,7-8,10,12H2,1-3H3,(H,19,20). The number of aromatic nitrogens is 1. The van der Waals surface area contributed by atoms with Crippen molar-refractivity contribution >= 4 is 17.3 Å². The number of guanidine groups is 1. The monoisotopic (exact) mass is 360 g/mol. The highest BCUT2D eigenvalue weighted by Gasteiger charge is 2.13. The van der Waals surface area contributed by atoms with Crippen molar-refractivity contribution in [3.05, 3.63) is 39.8 Å². The number of aryl methyl sites for hydroxylation is 1. The molecule has 25 heavy (non-hydrogen) atoms. The summed E-state index contributed by atoms with van der Waals surface area (Å²) in [6, 6.07) is 6.06. The van der Waals surface area contributed by atoms with E-state index >= 15 is 0 Å². The van der Waals surface area contributed by atoms with E-state index in [-0.39, 0.29) is 0 Å². The van der Waals surface area contributed by atoms with Gasteiger partial charge in [0.1, 0.15) is 0 Å². The zero-order valence-corrected chi connectivity index (χ0v) is 15.7. The molecule has 1 N–H and O–H groups in total. The third-order valence-electron chi connectivity index (χ3n) is 3.86. The molecule has 0 atom stereocenters. The van der Waals surface area contributed by atoms with Crippen LogP contribution in [0.2, 0.25) is 0 Å². The van der Waals surface area contributed by atoms with Crippen LogP contribution in [-0.4, -0.2) is 42.8 Å². The van der Waals surface area contributed by atoms with Gasteiger partial charge in [0, 0.05) is 25.5 Å². The van der Waals surface area contributed by atoms with Gasteiger partial charge in [-0.05, 0) is 38.0 Å². The summed E-state index contributed by atoms with van der Waals surface area (Å²) in [6.07, 6.45) is 0.856. The topological polar surface area (TPSA) is 59.0 Å². The van der Waals surface area contributed by atoms with Gasteiger partial charge in [-0.3, -0.25) is 4.99 Å². The van der Waals surface area contributed by atoms with Gasteiger partial charge in [-0.1, -0.05) is 6.07 Å². The predicted octanol–water partition coefficient (Wildman–Crippen LogP) is 2.82. The Morgan fingerprint density at radius 2 is 2.20 bits per heavy atom. The van der Waals surface area contributed by atoms with Crippen LogP contribution in [0.5, 0.6) is 11.5 Å². The van der Waals surface area contributed by atoms with E-state index in [0.29, 0.717) is 13.3 Å². The molecular weight excluding hydrogens is 336 g/mol. The summed E-state index contributed by atoms with van der Waals surface area (Å²) in [5, 5.41) is 6.53. The third-order valence-corrected chi connectivity index (χ3v) is 4.68. The maximum atomic E-state index is 5.43. The number of fused-ring (bicyclic) bond motifs is 1. The van der Waals surface area contributed by atoms with E-state index in [1.807, 2.05) is 26.1 Å². The molecule has 0 saturated heterocycles. The maximum absolute atomic E-state index is 5.43. The highest BCUT2D eigenvalue weighted by molar-refractivity contribution is 7.09. The molecule has 0 fully saturated rings. The van der Waals surface area contributed by atoms with Crippen LogP contribution < -0.4 is 14.8 Å². The van der Waals surface area contributed by atoms with E-state index in [4.69, 9.17) is 14.5 Å². The zero-order chi connectivity index (χ0) is 17.6. The number of hydrogen-bond acceptors (Lipinski definition) is 5. The van der Waals surface area contributed by atoms with Gasteiger partial charge in [-0.2, -0.15) is 0 Å². The number of benzene rings is 1. The second-order valence-electron chi connectivity index (χ2n) is 5.89. The fourth-order valence-corrected chi connectivity index (χ4v) is 3.26. The number of ether oxygens (including phenoxy) is 2. The average molecular weight is 360 g/mol. The molecular formula is C18H24N4O2S. The van der Waals surface area contributed by atoms with Crippen LogP contribution in [0.25, 0.3) is 0 Å². The van der Waals surface area contributed by atoms with Crippen LogP contribution >= 0.6 is 11.3 Å². The van der Waals surface area contributed by atoms with Crippen LogP contribution in [0.4, 0.5) is 0 Å². The largest absolute Gasteiger partial charge is 0.454 e. The van der Waals surface area contributed by atoms with Gasteiger partial charge in [-0.15, -0.1) is 11.3 Å². The summed E-state index contributed by atoms with van der Waals surface area (Å²) >= 11 is 1.68. The van der Waals surface area contributed by atoms with Gasteiger partial charge in [0.25, 0.3) is 0 Å². The number of thiazole rings is 1. The van der Waals surface area contributed by atoms with E-state index in [1.165, 1.54) is 5.56 Å². The molecule has 1 aromatic carbocycles.